The molecule has 74 valence electrons. The lowest BCUT2D eigenvalue weighted by Gasteiger charge is -1.99. The summed E-state index contributed by atoms with van der Waals surface area (Å²) in [5.74, 6) is 4.25. The number of hydrogen-bond donors (Lipinski definition) is 5. The fourth-order valence-electron chi connectivity index (χ4n) is 0.665. The zero-order valence-corrected chi connectivity index (χ0v) is 7.21. The lowest BCUT2D eigenvalue weighted by atomic mass is 10.2. The van der Waals surface area contributed by atoms with Crippen molar-refractivity contribution in [1.82, 2.24) is 5.43 Å². The van der Waals surface area contributed by atoms with Crippen molar-refractivity contribution in [2.45, 2.75) is 12.8 Å². The van der Waals surface area contributed by atoms with Crippen LogP contribution in [0.5, 0.6) is 0 Å². The molecular weight excluding hydrogens is 172 g/mol. The van der Waals surface area contributed by atoms with Gasteiger partial charge in [-0.15, -0.1) is 0 Å². The van der Waals surface area contributed by atoms with Crippen LogP contribution in [-0.2, 0) is 4.79 Å². The van der Waals surface area contributed by atoms with E-state index in [2.05, 4.69) is 4.99 Å². The quantitative estimate of drug-likeness (QED) is 0.0848. The number of amides is 1. The second-order valence-electron chi connectivity index (χ2n) is 2.36. The summed E-state index contributed by atoms with van der Waals surface area (Å²) in [5.41, 5.74) is 11.9. The molecular formula is C6H14N6O. The van der Waals surface area contributed by atoms with Crippen LogP contribution in [0.3, 0.4) is 0 Å². The number of nitrogens with one attached hydrogen (secondary N) is 2. The maximum atomic E-state index is 10.7. The summed E-state index contributed by atoms with van der Waals surface area (Å²) in [6.45, 7) is 0.405. The number of nitrogens with two attached hydrogens (primary N) is 3. The highest BCUT2D eigenvalue weighted by atomic mass is 16.2. The summed E-state index contributed by atoms with van der Waals surface area (Å²) >= 11 is 0. The van der Waals surface area contributed by atoms with E-state index in [1.807, 2.05) is 5.43 Å². The Balaban J connectivity index is 3.60. The van der Waals surface area contributed by atoms with Gasteiger partial charge in [0.1, 0.15) is 0 Å². The van der Waals surface area contributed by atoms with Crippen molar-refractivity contribution in [2.24, 2.45) is 22.3 Å². The van der Waals surface area contributed by atoms with Gasteiger partial charge in [-0.25, -0.2) is 5.84 Å². The summed E-state index contributed by atoms with van der Waals surface area (Å²) < 4.78 is 0. The van der Waals surface area contributed by atoms with Gasteiger partial charge in [0.25, 0.3) is 5.91 Å². The minimum atomic E-state index is -0.579. The van der Waals surface area contributed by atoms with Gasteiger partial charge in [-0.1, -0.05) is 0 Å². The van der Waals surface area contributed by atoms with Gasteiger partial charge in [-0.3, -0.25) is 20.6 Å². The fraction of sp³-hybridized carbons (Fsp3) is 0.500. The average molecular weight is 186 g/mol. The SMILES string of the molecule is N=C(CCCN=C(N)N)C(=O)NN. The number of rotatable bonds is 5. The molecule has 0 aliphatic rings. The van der Waals surface area contributed by atoms with E-state index in [0.29, 0.717) is 19.4 Å². The van der Waals surface area contributed by atoms with Crippen molar-refractivity contribution in [3.05, 3.63) is 0 Å². The molecule has 0 saturated carbocycles. The molecule has 0 unspecified atom stereocenters. The van der Waals surface area contributed by atoms with Gasteiger partial charge in [0, 0.05) is 6.54 Å². The molecule has 0 aromatic heterocycles. The van der Waals surface area contributed by atoms with Crippen LogP contribution in [0.25, 0.3) is 0 Å². The normalized spacial score (nSPS) is 9.00. The van der Waals surface area contributed by atoms with E-state index in [1.54, 1.807) is 0 Å². The Kier molecular flexibility index (Phi) is 5.20. The van der Waals surface area contributed by atoms with Crippen LogP contribution in [0.4, 0.5) is 0 Å². The zero-order valence-electron chi connectivity index (χ0n) is 7.21. The molecule has 8 N–H and O–H groups in total. The Bertz CT molecular complexity index is 219. The minimum absolute atomic E-state index is 0.00908. The Labute approximate surface area is 75.8 Å². The third-order valence-electron chi connectivity index (χ3n) is 1.28. The Morgan fingerprint density at radius 2 is 2.08 bits per heavy atom. The van der Waals surface area contributed by atoms with Crippen LogP contribution < -0.4 is 22.7 Å². The zero-order chi connectivity index (χ0) is 10.3. The fourth-order valence-corrected chi connectivity index (χ4v) is 0.665. The highest BCUT2D eigenvalue weighted by Crippen LogP contribution is 1.91. The van der Waals surface area contributed by atoms with E-state index in [1.165, 1.54) is 0 Å². The molecule has 7 nitrogen and oxygen atoms in total. The van der Waals surface area contributed by atoms with Gasteiger partial charge >= 0.3 is 0 Å². The van der Waals surface area contributed by atoms with Gasteiger partial charge in [-0.05, 0) is 12.8 Å². The maximum absolute atomic E-state index is 10.7. The number of guanidine groups is 1. The summed E-state index contributed by atoms with van der Waals surface area (Å²) in [5, 5.41) is 7.18. The van der Waals surface area contributed by atoms with E-state index >= 15 is 0 Å². The molecule has 0 aromatic rings. The monoisotopic (exact) mass is 186 g/mol. The van der Waals surface area contributed by atoms with Crippen LogP contribution >= 0.6 is 0 Å². The predicted octanol–water partition coefficient (Wildman–Crippen LogP) is -1.95. The van der Waals surface area contributed by atoms with E-state index in [0.717, 1.165) is 0 Å². The van der Waals surface area contributed by atoms with E-state index in [-0.39, 0.29) is 11.7 Å². The van der Waals surface area contributed by atoms with Crippen molar-refractivity contribution < 1.29 is 4.79 Å². The largest absolute Gasteiger partial charge is 0.370 e. The van der Waals surface area contributed by atoms with Gasteiger partial charge < -0.3 is 11.5 Å². The topological polar surface area (TPSA) is 143 Å². The first-order valence-electron chi connectivity index (χ1n) is 3.71. The molecule has 0 spiro atoms. The third kappa shape index (κ3) is 5.62. The Hall–Kier alpha value is -1.63. The number of carbonyl (C=O) groups is 1. The van der Waals surface area contributed by atoms with Crippen molar-refractivity contribution >= 4 is 17.6 Å². The Morgan fingerprint density at radius 3 is 2.54 bits per heavy atom. The summed E-state index contributed by atoms with van der Waals surface area (Å²) in [6, 6.07) is 0. The smallest absolute Gasteiger partial charge is 0.278 e. The molecule has 0 radical (unpaired) electrons. The van der Waals surface area contributed by atoms with Crippen molar-refractivity contribution in [3.63, 3.8) is 0 Å². The standard InChI is InChI=1S/C6H14N6O/c7-4(5(13)12-10)2-1-3-11-6(8)9/h7H,1-3,10H2,(H,12,13)(H4,8,9,11). The molecule has 0 fully saturated rings. The molecule has 0 heterocycles. The maximum Gasteiger partial charge on any atom is 0.278 e. The molecule has 0 saturated heterocycles. The van der Waals surface area contributed by atoms with Crippen LogP contribution in [0, 0.1) is 5.41 Å². The van der Waals surface area contributed by atoms with E-state index in [4.69, 9.17) is 22.7 Å². The molecule has 13 heavy (non-hydrogen) atoms. The minimum Gasteiger partial charge on any atom is -0.370 e. The first-order chi connectivity index (χ1) is 6.07. The molecule has 7 heteroatoms. The summed E-state index contributed by atoms with van der Waals surface area (Å²) in [4.78, 5) is 14.4. The number of aliphatic imine (C=N–C) groups is 1. The average Bonchev–Trinajstić information content (AvgIpc) is 2.10. The van der Waals surface area contributed by atoms with Crippen LogP contribution in [0.15, 0.2) is 4.99 Å². The van der Waals surface area contributed by atoms with Crippen LogP contribution in [0.2, 0.25) is 0 Å². The lowest BCUT2D eigenvalue weighted by Crippen LogP contribution is -2.35. The van der Waals surface area contributed by atoms with Crippen molar-refractivity contribution in [1.29, 1.82) is 5.41 Å². The van der Waals surface area contributed by atoms with Gasteiger partial charge in [0.2, 0.25) is 0 Å². The summed E-state index contributed by atoms with van der Waals surface area (Å²) in [6.07, 6.45) is 0.851. The molecule has 0 aromatic carbocycles. The van der Waals surface area contributed by atoms with Crippen LogP contribution in [-0.4, -0.2) is 24.1 Å². The first kappa shape index (κ1) is 11.4. The lowest BCUT2D eigenvalue weighted by molar-refractivity contribution is -0.115. The van der Waals surface area contributed by atoms with Gasteiger partial charge in [0.15, 0.2) is 5.96 Å². The Morgan fingerprint density at radius 1 is 1.46 bits per heavy atom. The summed E-state index contributed by atoms with van der Waals surface area (Å²) in [7, 11) is 0. The van der Waals surface area contributed by atoms with Gasteiger partial charge in [0.05, 0.1) is 5.71 Å². The molecule has 0 atom stereocenters. The molecule has 0 bridgehead atoms. The number of nitrogens with zero attached hydrogens (tertiary/aromatic N) is 1. The molecule has 1 amide bonds. The van der Waals surface area contributed by atoms with Crippen LogP contribution in [0.1, 0.15) is 12.8 Å². The van der Waals surface area contributed by atoms with Crippen molar-refractivity contribution in [2.75, 3.05) is 6.54 Å². The molecule has 0 aliphatic carbocycles. The first-order valence-corrected chi connectivity index (χ1v) is 3.71. The number of hydrogen-bond acceptors (Lipinski definition) is 4. The second kappa shape index (κ2) is 5.95. The predicted molar refractivity (Wildman–Crippen MR) is 50.0 cm³/mol. The van der Waals surface area contributed by atoms with E-state index in [9.17, 15) is 4.79 Å². The highest BCUT2D eigenvalue weighted by molar-refractivity contribution is 6.37. The molecule has 0 aliphatic heterocycles. The van der Waals surface area contributed by atoms with Crippen molar-refractivity contribution in [3.8, 4) is 0 Å². The van der Waals surface area contributed by atoms with Gasteiger partial charge in [-0.2, -0.15) is 0 Å². The number of carbonyl (C=O) groups excluding carboxylic acids is 1. The number of hydrazine groups is 1. The highest BCUT2D eigenvalue weighted by Gasteiger charge is 2.05. The second-order valence-corrected chi connectivity index (χ2v) is 2.36. The molecule has 0 rings (SSSR count). The van der Waals surface area contributed by atoms with E-state index < -0.39 is 5.91 Å². The third-order valence-corrected chi connectivity index (χ3v) is 1.28.